The zero-order valence-corrected chi connectivity index (χ0v) is 7.25. The van der Waals surface area contributed by atoms with Crippen molar-refractivity contribution < 1.29 is 0 Å². The maximum atomic E-state index is 5.69. The molecule has 0 saturated heterocycles. The van der Waals surface area contributed by atoms with Crippen molar-refractivity contribution in [2.75, 3.05) is 5.73 Å². The van der Waals surface area contributed by atoms with Crippen molar-refractivity contribution in [2.24, 2.45) is 0 Å². The molecule has 0 bridgehead atoms. The van der Waals surface area contributed by atoms with Gasteiger partial charge in [-0.25, -0.2) is 0 Å². The quantitative estimate of drug-likeness (QED) is 0.579. The number of anilines is 1. The van der Waals surface area contributed by atoms with E-state index in [9.17, 15) is 0 Å². The van der Waals surface area contributed by atoms with Crippen molar-refractivity contribution in [1.82, 2.24) is 0 Å². The summed E-state index contributed by atoms with van der Waals surface area (Å²) in [5.41, 5.74) is 9.26. The first-order valence-corrected chi connectivity index (χ1v) is 4.33. The molecule has 0 heterocycles. The lowest BCUT2D eigenvalue weighted by molar-refractivity contribution is 0.772. The Bertz CT molecular complexity index is 326. The van der Waals surface area contributed by atoms with Gasteiger partial charge < -0.3 is 5.73 Å². The molecule has 0 amide bonds. The second-order valence-corrected chi connectivity index (χ2v) is 3.43. The van der Waals surface area contributed by atoms with Crippen LogP contribution in [0.1, 0.15) is 30.4 Å². The van der Waals surface area contributed by atoms with Crippen LogP contribution in [-0.2, 0) is 0 Å². The number of rotatable bonds is 0. The number of fused-ring (bicyclic) bond motifs is 1. The van der Waals surface area contributed by atoms with E-state index in [1.165, 1.54) is 11.1 Å². The zero-order chi connectivity index (χ0) is 8.55. The van der Waals surface area contributed by atoms with Gasteiger partial charge in [0.1, 0.15) is 0 Å². The van der Waals surface area contributed by atoms with E-state index in [1.54, 1.807) is 0 Å². The molecule has 1 aromatic rings. The van der Waals surface area contributed by atoms with E-state index in [0.717, 1.165) is 12.1 Å². The molecule has 0 aliphatic heterocycles. The highest BCUT2D eigenvalue weighted by Crippen LogP contribution is 2.30. The van der Waals surface area contributed by atoms with Gasteiger partial charge in [0.15, 0.2) is 0 Å². The Hall–Kier alpha value is -1.24. The fourth-order valence-electron chi connectivity index (χ4n) is 1.71. The Kier molecular flexibility index (Phi) is 1.65. The summed E-state index contributed by atoms with van der Waals surface area (Å²) >= 11 is 0. The van der Waals surface area contributed by atoms with Gasteiger partial charge in [-0.3, -0.25) is 0 Å². The van der Waals surface area contributed by atoms with E-state index in [4.69, 9.17) is 5.73 Å². The number of benzene rings is 1. The van der Waals surface area contributed by atoms with E-state index < -0.39 is 0 Å². The largest absolute Gasteiger partial charge is 0.399 e. The molecule has 0 radical (unpaired) electrons. The summed E-state index contributed by atoms with van der Waals surface area (Å²) in [4.78, 5) is 0. The van der Waals surface area contributed by atoms with Crippen LogP contribution in [0, 0.1) is 0 Å². The van der Waals surface area contributed by atoms with Crippen LogP contribution in [0.2, 0.25) is 0 Å². The molecule has 0 aromatic heterocycles. The third-order valence-electron chi connectivity index (χ3n) is 2.43. The molecular formula is C11H13N. The normalized spacial score (nSPS) is 20.6. The lowest BCUT2D eigenvalue weighted by Crippen LogP contribution is -2.00. The second-order valence-electron chi connectivity index (χ2n) is 3.43. The van der Waals surface area contributed by atoms with E-state index in [1.807, 2.05) is 12.1 Å². The van der Waals surface area contributed by atoms with Crippen molar-refractivity contribution >= 4 is 11.8 Å². The molecule has 1 heteroatoms. The average molecular weight is 159 g/mol. The van der Waals surface area contributed by atoms with Crippen molar-refractivity contribution in [2.45, 2.75) is 19.3 Å². The number of nitrogens with two attached hydrogens (primary N) is 1. The molecule has 12 heavy (non-hydrogen) atoms. The number of nitrogen functional groups attached to an aromatic ring is 1. The first kappa shape index (κ1) is 7.41. The predicted molar refractivity (Wildman–Crippen MR) is 52.9 cm³/mol. The maximum Gasteiger partial charge on any atom is 0.0320 e. The summed E-state index contributed by atoms with van der Waals surface area (Å²) < 4.78 is 0. The van der Waals surface area contributed by atoms with Gasteiger partial charge in [0.25, 0.3) is 0 Å². The van der Waals surface area contributed by atoms with Gasteiger partial charge >= 0.3 is 0 Å². The van der Waals surface area contributed by atoms with Gasteiger partial charge in [0.2, 0.25) is 0 Å². The van der Waals surface area contributed by atoms with Crippen molar-refractivity contribution in [3.05, 3.63) is 35.4 Å². The molecule has 2 rings (SSSR count). The number of hydrogen-bond acceptors (Lipinski definition) is 1. The molecule has 1 aromatic carbocycles. The minimum atomic E-state index is 0.644. The first-order valence-electron chi connectivity index (χ1n) is 4.33. The Morgan fingerprint density at radius 3 is 3.08 bits per heavy atom. The van der Waals surface area contributed by atoms with E-state index in [2.05, 4.69) is 25.1 Å². The summed E-state index contributed by atoms with van der Waals surface area (Å²) in [5.74, 6) is 0.644. The SMILES string of the molecule is CC1CC=Cc2cc(N)ccc21. The van der Waals surface area contributed by atoms with E-state index in [-0.39, 0.29) is 0 Å². The van der Waals surface area contributed by atoms with Crippen LogP contribution in [-0.4, -0.2) is 0 Å². The molecule has 2 N–H and O–H groups in total. The van der Waals surface area contributed by atoms with Crippen molar-refractivity contribution in [3.63, 3.8) is 0 Å². The summed E-state index contributed by atoms with van der Waals surface area (Å²) in [6.45, 7) is 2.25. The van der Waals surface area contributed by atoms with Crippen LogP contribution in [0.15, 0.2) is 24.3 Å². The fourth-order valence-corrected chi connectivity index (χ4v) is 1.71. The zero-order valence-electron chi connectivity index (χ0n) is 7.25. The van der Waals surface area contributed by atoms with Crippen LogP contribution in [0.4, 0.5) is 5.69 Å². The lowest BCUT2D eigenvalue weighted by atomic mass is 9.88. The summed E-state index contributed by atoms with van der Waals surface area (Å²) in [5, 5.41) is 0. The summed E-state index contributed by atoms with van der Waals surface area (Å²) in [6.07, 6.45) is 5.52. The third-order valence-corrected chi connectivity index (χ3v) is 2.43. The maximum absolute atomic E-state index is 5.69. The van der Waals surface area contributed by atoms with Gasteiger partial charge in [-0.2, -0.15) is 0 Å². The molecule has 1 unspecified atom stereocenters. The highest BCUT2D eigenvalue weighted by atomic mass is 14.5. The van der Waals surface area contributed by atoms with Gasteiger partial charge in [0.05, 0.1) is 0 Å². The molecule has 0 spiro atoms. The Morgan fingerprint density at radius 2 is 2.25 bits per heavy atom. The van der Waals surface area contributed by atoms with Gasteiger partial charge in [-0.05, 0) is 35.6 Å². The van der Waals surface area contributed by atoms with Gasteiger partial charge in [-0.15, -0.1) is 0 Å². The number of allylic oxidation sites excluding steroid dienone is 1. The first-order chi connectivity index (χ1) is 5.77. The highest BCUT2D eigenvalue weighted by Gasteiger charge is 2.11. The van der Waals surface area contributed by atoms with Crippen LogP contribution in [0.5, 0.6) is 0 Å². The lowest BCUT2D eigenvalue weighted by Gasteiger charge is -2.17. The molecule has 0 fully saturated rings. The highest BCUT2D eigenvalue weighted by molar-refractivity contribution is 5.62. The number of hydrogen-bond donors (Lipinski definition) is 1. The molecule has 1 nitrogen and oxygen atoms in total. The topological polar surface area (TPSA) is 26.0 Å². The van der Waals surface area contributed by atoms with Crippen molar-refractivity contribution in [1.29, 1.82) is 0 Å². The average Bonchev–Trinajstić information content (AvgIpc) is 2.04. The van der Waals surface area contributed by atoms with Gasteiger partial charge in [-0.1, -0.05) is 25.1 Å². The fraction of sp³-hybridized carbons (Fsp3) is 0.273. The Balaban J connectivity index is 2.55. The van der Waals surface area contributed by atoms with Crippen molar-refractivity contribution in [3.8, 4) is 0 Å². The molecule has 1 atom stereocenters. The van der Waals surface area contributed by atoms with E-state index in [0.29, 0.717) is 5.92 Å². The molecular weight excluding hydrogens is 146 g/mol. The minimum absolute atomic E-state index is 0.644. The van der Waals surface area contributed by atoms with Crippen LogP contribution >= 0.6 is 0 Å². The van der Waals surface area contributed by atoms with E-state index >= 15 is 0 Å². The predicted octanol–water partition coefficient (Wildman–Crippen LogP) is 2.79. The Morgan fingerprint density at radius 1 is 1.42 bits per heavy atom. The van der Waals surface area contributed by atoms with Crippen LogP contribution in [0.25, 0.3) is 6.08 Å². The summed E-state index contributed by atoms with van der Waals surface area (Å²) in [7, 11) is 0. The molecule has 0 saturated carbocycles. The smallest absolute Gasteiger partial charge is 0.0320 e. The molecule has 62 valence electrons. The van der Waals surface area contributed by atoms with Crippen LogP contribution in [0.3, 0.4) is 0 Å². The summed E-state index contributed by atoms with van der Waals surface area (Å²) in [6, 6.07) is 6.16. The molecule has 1 aliphatic carbocycles. The second kappa shape index (κ2) is 2.67. The standard InChI is InChI=1S/C11H13N/c1-8-3-2-4-9-7-10(12)5-6-11(8)9/h2,4-8H,3,12H2,1H3. The van der Waals surface area contributed by atoms with Crippen LogP contribution < -0.4 is 5.73 Å². The monoisotopic (exact) mass is 159 g/mol. The minimum Gasteiger partial charge on any atom is -0.399 e. The Labute approximate surface area is 72.9 Å². The molecule has 1 aliphatic rings. The van der Waals surface area contributed by atoms with Gasteiger partial charge in [0, 0.05) is 5.69 Å². The third kappa shape index (κ3) is 1.11.